The Morgan fingerprint density at radius 1 is 1.15 bits per heavy atom. The van der Waals surface area contributed by atoms with E-state index in [0.29, 0.717) is 6.42 Å². The predicted molar refractivity (Wildman–Crippen MR) is 123 cm³/mol. The maximum absolute atomic E-state index is 13.7. The molecule has 7 atom stereocenters. The monoisotopic (exact) mass is 456 g/mol. The summed E-state index contributed by atoms with van der Waals surface area (Å²) in [5.41, 5.74) is 0.743. The van der Waals surface area contributed by atoms with Crippen LogP contribution in [0.5, 0.6) is 0 Å². The van der Waals surface area contributed by atoms with Gasteiger partial charge in [-0.1, -0.05) is 38.5 Å². The molecule has 2 fully saturated rings. The third-order valence-corrected chi connectivity index (χ3v) is 9.04. The van der Waals surface area contributed by atoms with Gasteiger partial charge >= 0.3 is 5.97 Å². The van der Waals surface area contributed by atoms with Crippen LogP contribution >= 0.6 is 0 Å². The van der Waals surface area contributed by atoms with Gasteiger partial charge in [-0.15, -0.1) is 0 Å². The molecule has 0 aromatic carbocycles. The number of hydrogen-bond acceptors (Lipinski definition) is 6. The lowest BCUT2D eigenvalue weighted by Gasteiger charge is -2.55. The van der Waals surface area contributed by atoms with Gasteiger partial charge in [0.15, 0.2) is 12.4 Å². The first kappa shape index (κ1) is 24.1. The number of hydrogen-bond donors (Lipinski definition) is 0. The van der Waals surface area contributed by atoms with E-state index in [0.717, 1.165) is 12.8 Å². The summed E-state index contributed by atoms with van der Waals surface area (Å²) in [6, 6.07) is 0. The van der Waals surface area contributed by atoms with Crippen molar-refractivity contribution in [3.8, 4) is 0 Å². The third kappa shape index (κ3) is 3.40. The molecule has 180 valence electrons. The maximum Gasteiger partial charge on any atom is 0.303 e. The summed E-state index contributed by atoms with van der Waals surface area (Å²) >= 11 is 0. The molecule has 6 nitrogen and oxygen atoms in total. The van der Waals surface area contributed by atoms with E-state index in [2.05, 4.69) is 39.8 Å². The van der Waals surface area contributed by atoms with Crippen molar-refractivity contribution >= 4 is 17.5 Å². The lowest BCUT2D eigenvalue weighted by molar-refractivity contribution is -0.204. The molecular formula is C27H36O6. The molecule has 0 saturated heterocycles. The van der Waals surface area contributed by atoms with Crippen LogP contribution in [0.1, 0.15) is 53.9 Å². The predicted octanol–water partition coefficient (Wildman–Crippen LogP) is 4.20. The first-order valence-electron chi connectivity index (χ1n) is 12.0. The van der Waals surface area contributed by atoms with Gasteiger partial charge in [0.1, 0.15) is 12.4 Å². The molecule has 33 heavy (non-hydrogen) atoms. The fourth-order valence-electron chi connectivity index (χ4n) is 7.66. The van der Waals surface area contributed by atoms with Crippen molar-refractivity contribution in [3.05, 3.63) is 35.5 Å². The molecule has 0 aromatic heterocycles. The summed E-state index contributed by atoms with van der Waals surface area (Å²) in [6.45, 7) is 9.68. The number of fused-ring (bicyclic) bond motifs is 5. The Hall–Kier alpha value is -2.05. The topological polar surface area (TPSA) is 78.9 Å². The summed E-state index contributed by atoms with van der Waals surface area (Å²) in [5.74, 6) is 0.135. The molecule has 4 aliphatic carbocycles. The Balaban J connectivity index is 1.78. The minimum atomic E-state index is -1.09. The van der Waals surface area contributed by atoms with Crippen molar-refractivity contribution < 1.29 is 28.6 Å². The highest BCUT2D eigenvalue weighted by atomic mass is 16.7. The van der Waals surface area contributed by atoms with E-state index >= 15 is 0 Å². The molecule has 0 heterocycles. The van der Waals surface area contributed by atoms with Gasteiger partial charge in [-0.05, 0) is 67.6 Å². The summed E-state index contributed by atoms with van der Waals surface area (Å²) in [7, 11) is 1.55. The molecule has 0 aliphatic heterocycles. The zero-order valence-corrected chi connectivity index (χ0v) is 20.6. The first-order chi connectivity index (χ1) is 15.5. The Labute approximate surface area is 196 Å². The van der Waals surface area contributed by atoms with E-state index in [-0.39, 0.29) is 54.1 Å². The Bertz CT molecular complexity index is 960. The Kier molecular flexibility index (Phi) is 6.07. The first-order valence-corrected chi connectivity index (χ1v) is 12.0. The molecular weight excluding hydrogens is 420 g/mol. The summed E-state index contributed by atoms with van der Waals surface area (Å²) in [5, 5.41) is 0. The highest BCUT2D eigenvalue weighted by Crippen LogP contribution is 2.68. The average molecular weight is 457 g/mol. The molecule has 0 amide bonds. The van der Waals surface area contributed by atoms with Crippen molar-refractivity contribution in [2.45, 2.75) is 59.5 Å². The average Bonchev–Trinajstić information content (AvgIpc) is 2.99. The second-order valence-electron chi connectivity index (χ2n) is 10.8. The van der Waals surface area contributed by atoms with E-state index in [1.54, 1.807) is 13.2 Å². The Morgan fingerprint density at radius 3 is 2.55 bits per heavy atom. The number of carbonyl (C=O) groups is 3. The fourth-order valence-corrected chi connectivity index (χ4v) is 7.66. The van der Waals surface area contributed by atoms with Crippen LogP contribution < -0.4 is 0 Å². The number of ketones is 2. The van der Waals surface area contributed by atoms with Gasteiger partial charge in [0.25, 0.3) is 0 Å². The molecule has 0 spiro atoms. The molecule has 0 bridgehead atoms. The van der Waals surface area contributed by atoms with Crippen LogP contribution in [0.4, 0.5) is 0 Å². The molecule has 2 saturated carbocycles. The van der Waals surface area contributed by atoms with Crippen LogP contribution in [0.3, 0.4) is 0 Å². The zero-order valence-electron chi connectivity index (χ0n) is 20.6. The van der Waals surface area contributed by atoms with E-state index in [1.807, 2.05) is 6.08 Å². The summed E-state index contributed by atoms with van der Waals surface area (Å²) in [4.78, 5) is 37.2. The molecule has 4 aliphatic rings. The largest absolute Gasteiger partial charge is 0.458 e. The van der Waals surface area contributed by atoms with Gasteiger partial charge in [-0.2, -0.15) is 0 Å². The number of esters is 1. The van der Waals surface area contributed by atoms with Crippen molar-refractivity contribution in [2.75, 3.05) is 20.5 Å². The molecule has 0 aromatic rings. The minimum absolute atomic E-state index is 0.00551. The van der Waals surface area contributed by atoms with Crippen LogP contribution in [-0.2, 0) is 28.6 Å². The van der Waals surface area contributed by atoms with E-state index < -0.39 is 17.0 Å². The standard InChI is InChI=1S/C27H36O6/c1-16-11-20-21(25(4)9-7-19(29)13-22(16)25)8-10-26(5)23(20)12-17(2)27(26,33-15-31-6)24(30)14-32-18(3)28/h7-9,13,16-17,20,23H,10-12,14-15H2,1-6H3/t16-,17-,20+,23-,25+,26-,27-/m0/s1. The molecule has 0 radical (unpaired) electrons. The van der Waals surface area contributed by atoms with Gasteiger partial charge in [0.05, 0.1) is 0 Å². The van der Waals surface area contributed by atoms with Gasteiger partial charge < -0.3 is 14.2 Å². The van der Waals surface area contributed by atoms with Gasteiger partial charge in [0.2, 0.25) is 5.78 Å². The van der Waals surface area contributed by atoms with Gasteiger partial charge in [-0.25, -0.2) is 0 Å². The van der Waals surface area contributed by atoms with Gasteiger partial charge in [0, 0.05) is 24.9 Å². The molecule has 6 heteroatoms. The summed E-state index contributed by atoms with van der Waals surface area (Å²) < 4.78 is 16.7. The summed E-state index contributed by atoms with van der Waals surface area (Å²) in [6.07, 6.45) is 10.4. The number of allylic oxidation sites excluding steroid dienone is 6. The van der Waals surface area contributed by atoms with E-state index in [1.165, 1.54) is 18.1 Å². The van der Waals surface area contributed by atoms with E-state index in [9.17, 15) is 14.4 Å². The minimum Gasteiger partial charge on any atom is -0.458 e. The number of carbonyl (C=O) groups excluding carboxylic acids is 3. The third-order valence-electron chi connectivity index (χ3n) is 9.04. The van der Waals surface area contributed by atoms with Crippen LogP contribution in [0, 0.1) is 34.5 Å². The van der Waals surface area contributed by atoms with Crippen molar-refractivity contribution in [1.29, 1.82) is 0 Å². The van der Waals surface area contributed by atoms with Gasteiger partial charge in [-0.3, -0.25) is 14.4 Å². The lowest BCUT2D eigenvalue weighted by Crippen LogP contribution is -2.59. The van der Waals surface area contributed by atoms with Crippen LogP contribution in [-0.4, -0.2) is 43.6 Å². The SMILES string of the molecule is COCO[C@]1(C(=O)COC(C)=O)[C@@H](C)C[C@H]2[C@@H]3C[C@H](C)C4=CC(=O)C=C[C@]4(C)C3=CC[C@@]21C. The normalized spacial score (nSPS) is 41.5. The number of methoxy groups -OCH3 is 1. The number of Topliss-reactive ketones (excluding diaryl/α,β-unsaturated/α-hetero) is 1. The second kappa shape index (κ2) is 8.31. The maximum atomic E-state index is 13.7. The van der Waals surface area contributed by atoms with Crippen LogP contribution in [0.2, 0.25) is 0 Å². The van der Waals surface area contributed by atoms with E-state index in [4.69, 9.17) is 14.2 Å². The Morgan fingerprint density at radius 2 is 1.88 bits per heavy atom. The molecule has 4 rings (SSSR count). The highest BCUT2D eigenvalue weighted by molar-refractivity contribution is 6.01. The van der Waals surface area contributed by atoms with Crippen molar-refractivity contribution in [1.82, 2.24) is 0 Å². The second-order valence-corrected chi connectivity index (χ2v) is 10.8. The van der Waals surface area contributed by atoms with Crippen molar-refractivity contribution in [2.24, 2.45) is 34.5 Å². The van der Waals surface area contributed by atoms with Crippen molar-refractivity contribution in [3.63, 3.8) is 0 Å². The zero-order chi connectivity index (χ0) is 24.2. The number of ether oxygens (including phenoxy) is 3. The van der Waals surface area contributed by atoms with Crippen LogP contribution in [0.25, 0.3) is 0 Å². The highest BCUT2D eigenvalue weighted by Gasteiger charge is 2.69. The molecule has 0 unspecified atom stereocenters. The number of rotatable bonds is 6. The smallest absolute Gasteiger partial charge is 0.303 e. The lowest BCUT2D eigenvalue weighted by atomic mass is 9.49. The molecule has 0 N–H and O–H groups in total. The quantitative estimate of drug-likeness (QED) is 0.339. The fraction of sp³-hybridized carbons (Fsp3) is 0.667. The van der Waals surface area contributed by atoms with Crippen LogP contribution in [0.15, 0.2) is 35.5 Å².